The molecule has 0 aliphatic carbocycles. The lowest BCUT2D eigenvalue weighted by Crippen LogP contribution is -2.10. The quantitative estimate of drug-likeness (QED) is 0.212. The summed E-state index contributed by atoms with van der Waals surface area (Å²) in [5.74, 6) is -0.660. The average molecular weight is 371 g/mol. The maximum Gasteiger partial charge on any atom is 0.303 e. The summed E-state index contributed by atoms with van der Waals surface area (Å²) in [6.45, 7) is 2.27. The Morgan fingerprint density at radius 2 is 1.08 bits per heavy atom. The van der Waals surface area contributed by atoms with E-state index in [2.05, 4.69) is 6.92 Å². The Kier molecular flexibility index (Phi) is 20.3. The first-order valence-corrected chi connectivity index (χ1v) is 11.4. The van der Waals surface area contributed by atoms with Crippen molar-refractivity contribution in [1.82, 2.24) is 0 Å². The lowest BCUT2D eigenvalue weighted by atomic mass is 10.0. The molecule has 0 heterocycles. The van der Waals surface area contributed by atoms with E-state index in [0.717, 1.165) is 12.8 Å². The lowest BCUT2D eigenvalue weighted by Gasteiger charge is -2.15. The molecule has 3 nitrogen and oxygen atoms in total. The van der Waals surface area contributed by atoms with E-state index in [1.165, 1.54) is 103 Å². The second-order valence-electron chi connectivity index (χ2n) is 7.88. The smallest absolute Gasteiger partial charge is 0.303 e. The van der Waals surface area contributed by atoms with Crippen molar-refractivity contribution in [3.63, 3.8) is 0 Å². The van der Waals surface area contributed by atoms with Crippen LogP contribution in [-0.2, 0) is 9.53 Å². The number of aliphatic carboxylic acids is 1. The van der Waals surface area contributed by atoms with Crippen molar-refractivity contribution in [3.8, 4) is 0 Å². The molecule has 0 rings (SSSR count). The fraction of sp³-hybridized carbons (Fsp3) is 0.957. The Morgan fingerprint density at radius 1 is 0.692 bits per heavy atom. The van der Waals surface area contributed by atoms with Gasteiger partial charge in [-0.1, -0.05) is 103 Å². The molecular weight excluding hydrogens is 324 g/mol. The van der Waals surface area contributed by atoms with Crippen LogP contribution in [0.15, 0.2) is 0 Å². The minimum absolute atomic E-state index is 0.335. The monoisotopic (exact) mass is 370 g/mol. The Hall–Kier alpha value is -0.570. The van der Waals surface area contributed by atoms with Crippen LogP contribution < -0.4 is 0 Å². The van der Waals surface area contributed by atoms with Gasteiger partial charge in [0.05, 0.1) is 6.10 Å². The van der Waals surface area contributed by atoms with E-state index in [0.29, 0.717) is 12.5 Å². The number of carboxylic acid groups (broad SMARTS) is 1. The summed E-state index contributed by atoms with van der Waals surface area (Å²) in [6.07, 6.45) is 23.9. The van der Waals surface area contributed by atoms with Gasteiger partial charge in [0, 0.05) is 13.5 Å². The van der Waals surface area contributed by atoms with Crippen molar-refractivity contribution in [2.75, 3.05) is 7.11 Å². The summed E-state index contributed by atoms with van der Waals surface area (Å²) in [7, 11) is 1.87. The van der Waals surface area contributed by atoms with Crippen molar-refractivity contribution >= 4 is 5.97 Å². The van der Waals surface area contributed by atoms with Crippen LogP contribution in [0.4, 0.5) is 0 Å². The van der Waals surface area contributed by atoms with Gasteiger partial charge in [0.1, 0.15) is 0 Å². The molecule has 3 heteroatoms. The SMILES string of the molecule is CCCCCCCCC(CCCCCCCCCCCCC(=O)O)OC. The molecule has 0 aromatic heterocycles. The number of hydrogen-bond acceptors (Lipinski definition) is 2. The predicted octanol–water partition coefficient (Wildman–Crippen LogP) is 7.52. The van der Waals surface area contributed by atoms with Gasteiger partial charge in [-0.25, -0.2) is 0 Å². The second kappa shape index (κ2) is 20.7. The Balaban J connectivity index is 3.27. The van der Waals surface area contributed by atoms with Crippen LogP contribution in [0.3, 0.4) is 0 Å². The third kappa shape index (κ3) is 19.8. The molecule has 0 fully saturated rings. The fourth-order valence-corrected chi connectivity index (χ4v) is 3.59. The Labute approximate surface area is 163 Å². The average Bonchev–Trinajstić information content (AvgIpc) is 2.63. The molecule has 0 spiro atoms. The first-order chi connectivity index (χ1) is 12.7. The predicted molar refractivity (Wildman–Crippen MR) is 112 cm³/mol. The minimum atomic E-state index is -0.660. The van der Waals surface area contributed by atoms with Crippen LogP contribution in [0, 0.1) is 0 Å². The van der Waals surface area contributed by atoms with E-state index >= 15 is 0 Å². The van der Waals surface area contributed by atoms with Crippen molar-refractivity contribution in [3.05, 3.63) is 0 Å². The second-order valence-corrected chi connectivity index (χ2v) is 7.88. The molecule has 0 aliphatic heterocycles. The third-order valence-electron chi connectivity index (χ3n) is 5.38. The molecule has 1 N–H and O–H groups in total. The van der Waals surface area contributed by atoms with E-state index in [9.17, 15) is 4.79 Å². The van der Waals surface area contributed by atoms with Crippen molar-refractivity contribution in [2.45, 2.75) is 135 Å². The summed E-state index contributed by atoms with van der Waals surface area (Å²) in [5.41, 5.74) is 0. The van der Waals surface area contributed by atoms with Gasteiger partial charge in [-0.05, 0) is 19.3 Å². The topological polar surface area (TPSA) is 46.5 Å². The zero-order valence-corrected chi connectivity index (χ0v) is 17.8. The van der Waals surface area contributed by atoms with E-state index in [1.54, 1.807) is 0 Å². The normalized spacial score (nSPS) is 12.4. The maximum absolute atomic E-state index is 10.4. The van der Waals surface area contributed by atoms with Gasteiger partial charge in [0.2, 0.25) is 0 Å². The number of ether oxygens (including phenoxy) is 1. The van der Waals surface area contributed by atoms with Crippen LogP contribution in [0.25, 0.3) is 0 Å². The highest BCUT2D eigenvalue weighted by atomic mass is 16.5. The lowest BCUT2D eigenvalue weighted by molar-refractivity contribution is -0.137. The molecule has 0 aromatic carbocycles. The number of unbranched alkanes of at least 4 members (excludes halogenated alkanes) is 14. The first kappa shape index (κ1) is 25.4. The number of carbonyl (C=O) groups is 1. The summed E-state index contributed by atoms with van der Waals surface area (Å²) in [5, 5.41) is 8.58. The maximum atomic E-state index is 10.4. The standard InChI is InChI=1S/C23H46O3/c1-3-4-5-6-13-16-19-22(26-2)20-17-14-11-9-7-8-10-12-15-18-21-23(24)25/h22H,3-21H2,1-2H3,(H,24,25). The van der Waals surface area contributed by atoms with E-state index in [-0.39, 0.29) is 0 Å². The molecule has 0 radical (unpaired) electrons. The third-order valence-corrected chi connectivity index (χ3v) is 5.38. The highest BCUT2D eigenvalue weighted by molar-refractivity contribution is 5.66. The molecule has 0 aliphatic rings. The molecular formula is C23H46O3. The molecule has 0 saturated carbocycles. The fourth-order valence-electron chi connectivity index (χ4n) is 3.59. The van der Waals surface area contributed by atoms with Crippen LogP contribution in [0.1, 0.15) is 129 Å². The Bertz CT molecular complexity index is 291. The molecule has 0 amide bonds. The molecule has 0 saturated heterocycles. The van der Waals surface area contributed by atoms with Gasteiger partial charge in [-0.15, -0.1) is 0 Å². The number of methoxy groups -OCH3 is 1. The molecule has 156 valence electrons. The van der Waals surface area contributed by atoms with Gasteiger partial charge in [-0.3, -0.25) is 4.79 Å². The van der Waals surface area contributed by atoms with Gasteiger partial charge >= 0.3 is 5.97 Å². The number of carboxylic acids is 1. The van der Waals surface area contributed by atoms with Gasteiger partial charge in [-0.2, -0.15) is 0 Å². The van der Waals surface area contributed by atoms with Crippen LogP contribution in [-0.4, -0.2) is 24.3 Å². The molecule has 26 heavy (non-hydrogen) atoms. The molecule has 0 bridgehead atoms. The van der Waals surface area contributed by atoms with Crippen molar-refractivity contribution in [1.29, 1.82) is 0 Å². The van der Waals surface area contributed by atoms with Crippen molar-refractivity contribution in [2.24, 2.45) is 0 Å². The van der Waals surface area contributed by atoms with Gasteiger partial charge in [0.15, 0.2) is 0 Å². The van der Waals surface area contributed by atoms with Gasteiger partial charge in [0.25, 0.3) is 0 Å². The van der Waals surface area contributed by atoms with E-state index in [4.69, 9.17) is 9.84 Å². The van der Waals surface area contributed by atoms with Crippen LogP contribution in [0.5, 0.6) is 0 Å². The summed E-state index contributed by atoms with van der Waals surface area (Å²) in [6, 6.07) is 0. The van der Waals surface area contributed by atoms with E-state index < -0.39 is 5.97 Å². The summed E-state index contributed by atoms with van der Waals surface area (Å²) >= 11 is 0. The molecule has 1 atom stereocenters. The number of hydrogen-bond donors (Lipinski definition) is 1. The van der Waals surface area contributed by atoms with E-state index in [1.807, 2.05) is 7.11 Å². The molecule has 1 unspecified atom stereocenters. The first-order valence-electron chi connectivity index (χ1n) is 11.4. The highest BCUT2D eigenvalue weighted by Gasteiger charge is 2.06. The Morgan fingerprint density at radius 3 is 1.46 bits per heavy atom. The summed E-state index contributed by atoms with van der Waals surface area (Å²) in [4.78, 5) is 10.4. The zero-order valence-electron chi connectivity index (χ0n) is 17.8. The van der Waals surface area contributed by atoms with Crippen LogP contribution in [0.2, 0.25) is 0 Å². The van der Waals surface area contributed by atoms with Crippen LogP contribution >= 0.6 is 0 Å². The van der Waals surface area contributed by atoms with Gasteiger partial charge < -0.3 is 9.84 Å². The number of rotatable bonds is 21. The largest absolute Gasteiger partial charge is 0.481 e. The van der Waals surface area contributed by atoms with Crippen molar-refractivity contribution < 1.29 is 14.6 Å². The summed E-state index contributed by atoms with van der Waals surface area (Å²) < 4.78 is 5.65. The highest BCUT2D eigenvalue weighted by Crippen LogP contribution is 2.16. The zero-order chi connectivity index (χ0) is 19.3. The molecule has 0 aromatic rings. The minimum Gasteiger partial charge on any atom is -0.481 e.